The van der Waals surface area contributed by atoms with Gasteiger partial charge in [0.2, 0.25) is 0 Å². The van der Waals surface area contributed by atoms with Crippen LogP contribution < -0.4 is 15.8 Å². The van der Waals surface area contributed by atoms with E-state index in [1.807, 2.05) is 30.3 Å². The molecule has 90 valence electrons. The Labute approximate surface area is 106 Å². The lowest BCUT2D eigenvalue weighted by molar-refractivity contribution is 0.415. The van der Waals surface area contributed by atoms with Crippen LogP contribution in [0, 0.1) is 0 Å². The van der Waals surface area contributed by atoms with Gasteiger partial charge in [0, 0.05) is 11.8 Å². The van der Waals surface area contributed by atoms with Crippen molar-refractivity contribution in [2.45, 2.75) is 0 Å². The minimum absolute atomic E-state index is 0. The molecule has 0 aliphatic carbocycles. The fraction of sp³-hybridized carbons (Fsp3) is 0.0833. The van der Waals surface area contributed by atoms with Crippen molar-refractivity contribution in [1.29, 1.82) is 0 Å². The van der Waals surface area contributed by atoms with Crippen molar-refractivity contribution in [3.05, 3.63) is 42.6 Å². The lowest BCUT2D eigenvalue weighted by Crippen LogP contribution is -1.94. The Balaban J connectivity index is 0.00000144. The van der Waals surface area contributed by atoms with Crippen LogP contribution >= 0.6 is 12.4 Å². The fourth-order valence-electron chi connectivity index (χ4n) is 1.35. The number of rotatable bonds is 3. The van der Waals surface area contributed by atoms with E-state index in [1.165, 1.54) is 0 Å². The Morgan fingerprint density at radius 2 is 2.00 bits per heavy atom. The Morgan fingerprint density at radius 1 is 1.18 bits per heavy atom. The highest BCUT2D eigenvalue weighted by molar-refractivity contribution is 5.85. The van der Waals surface area contributed by atoms with Crippen LogP contribution in [0.25, 0.3) is 0 Å². The number of anilines is 3. The third kappa shape index (κ3) is 3.53. The molecule has 0 unspecified atom stereocenters. The van der Waals surface area contributed by atoms with Crippen molar-refractivity contribution >= 4 is 29.6 Å². The van der Waals surface area contributed by atoms with Gasteiger partial charge in [-0.15, -0.1) is 12.4 Å². The molecule has 0 aliphatic heterocycles. The van der Waals surface area contributed by atoms with Crippen LogP contribution in [0.15, 0.2) is 42.6 Å². The number of ether oxygens (including phenoxy) is 1. The minimum Gasteiger partial charge on any atom is -0.497 e. The van der Waals surface area contributed by atoms with Crippen LogP contribution in [-0.2, 0) is 0 Å². The zero-order valence-electron chi connectivity index (χ0n) is 9.38. The summed E-state index contributed by atoms with van der Waals surface area (Å²) < 4.78 is 5.14. The smallest absolute Gasteiger partial charge is 0.123 e. The van der Waals surface area contributed by atoms with E-state index in [2.05, 4.69) is 10.3 Å². The van der Waals surface area contributed by atoms with Crippen molar-refractivity contribution in [2.75, 3.05) is 18.2 Å². The molecule has 4 nitrogen and oxygen atoms in total. The Kier molecular flexibility index (Phi) is 4.60. The van der Waals surface area contributed by atoms with Gasteiger partial charge < -0.3 is 15.8 Å². The topological polar surface area (TPSA) is 60.2 Å². The van der Waals surface area contributed by atoms with E-state index >= 15 is 0 Å². The molecule has 0 fully saturated rings. The third-order valence-corrected chi connectivity index (χ3v) is 2.14. The Hall–Kier alpha value is -1.94. The van der Waals surface area contributed by atoms with Crippen molar-refractivity contribution in [1.82, 2.24) is 4.98 Å². The number of aromatic nitrogens is 1. The van der Waals surface area contributed by atoms with Crippen LogP contribution in [0.2, 0.25) is 0 Å². The summed E-state index contributed by atoms with van der Waals surface area (Å²) in [4.78, 5) is 4.00. The molecule has 2 rings (SSSR count). The number of pyridine rings is 1. The van der Waals surface area contributed by atoms with E-state index in [9.17, 15) is 0 Å². The van der Waals surface area contributed by atoms with Crippen molar-refractivity contribution in [2.24, 2.45) is 0 Å². The molecule has 0 spiro atoms. The summed E-state index contributed by atoms with van der Waals surface area (Å²) in [6, 6.07) is 11.3. The number of nitrogens with one attached hydrogen (secondary N) is 1. The van der Waals surface area contributed by atoms with Gasteiger partial charge in [-0.25, -0.2) is 4.98 Å². The molecule has 3 N–H and O–H groups in total. The molecule has 0 radical (unpaired) electrons. The monoisotopic (exact) mass is 251 g/mol. The van der Waals surface area contributed by atoms with Gasteiger partial charge in [-0.1, -0.05) is 6.07 Å². The first-order valence-corrected chi connectivity index (χ1v) is 4.90. The van der Waals surface area contributed by atoms with E-state index < -0.39 is 0 Å². The number of nitrogens with two attached hydrogens (primary N) is 1. The zero-order valence-corrected chi connectivity index (χ0v) is 10.2. The largest absolute Gasteiger partial charge is 0.497 e. The van der Waals surface area contributed by atoms with Gasteiger partial charge in [-0.05, 0) is 24.3 Å². The minimum atomic E-state index is 0. The van der Waals surface area contributed by atoms with E-state index in [-0.39, 0.29) is 12.4 Å². The standard InChI is InChI=1S/C12H13N3O.ClH/c1-16-11-4-2-3-9(7-11)15-10-5-6-12(13)14-8-10;/h2-8,15H,1H3,(H2,13,14);1H. The van der Waals surface area contributed by atoms with Crippen LogP contribution in [0.3, 0.4) is 0 Å². The molecule has 0 saturated carbocycles. The highest BCUT2D eigenvalue weighted by Gasteiger charge is 1.97. The molecule has 1 aromatic carbocycles. The molecule has 1 aromatic heterocycles. The number of halogens is 1. The summed E-state index contributed by atoms with van der Waals surface area (Å²) >= 11 is 0. The third-order valence-electron chi connectivity index (χ3n) is 2.14. The summed E-state index contributed by atoms with van der Waals surface area (Å²) in [6.45, 7) is 0. The van der Waals surface area contributed by atoms with E-state index in [4.69, 9.17) is 10.5 Å². The molecule has 17 heavy (non-hydrogen) atoms. The van der Waals surface area contributed by atoms with Crippen LogP contribution in [-0.4, -0.2) is 12.1 Å². The highest BCUT2D eigenvalue weighted by Crippen LogP contribution is 2.20. The van der Waals surface area contributed by atoms with Crippen molar-refractivity contribution < 1.29 is 4.74 Å². The zero-order chi connectivity index (χ0) is 11.4. The predicted octanol–water partition coefficient (Wildman–Crippen LogP) is 2.84. The van der Waals surface area contributed by atoms with Crippen LogP contribution in [0.1, 0.15) is 0 Å². The van der Waals surface area contributed by atoms with Gasteiger partial charge in [-0.3, -0.25) is 0 Å². The SMILES string of the molecule is COc1cccc(Nc2ccc(N)nc2)c1.Cl. The second-order valence-corrected chi connectivity index (χ2v) is 3.33. The molecule has 0 amide bonds. The number of hydrogen-bond acceptors (Lipinski definition) is 4. The van der Waals surface area contributed by atoms with Gasteiger partial charge >= 0.3 is 0 Å². The average molecular weight is 252 g/mol. The Bertz CT molecular complexity index is 473. The maximum atomic E-state index is 5.51. The second-order valence-electron chi connectivity index (χ2n) is 3.33. The predicted molar refractivity (Wildman–Crippen MR) is 72.2 cm³/mol. The van der Waals surface area contributed by atoms with Gasteiger partial charge in [0.05, 0.1) is 19.0 Å². The van der Waals surface area contributed by atoms with Crippen LogP contribution in [0.5, 0.6) is 5.75 Å². The van der Waals surface area contributed by atoms with Gasteiger partial charge in [0.25, 0.3) is 0 Å². The van der Waals surface area contributed by atoms with Gasteiger partial charge in [-0.2, -0.15) is 0 Å². The molecular weight excluding hydrogens is 238 g/mol. The number of nitrogens with zero attached hydrogens (tertiary/aromatic N) is 1. The van der Waals surface area contributed by atoms with Gasteiger partial charge in [0.1, 0.15) is 11.6 Å². The maximum absolute atomic E-state index is 5.51. The quantitative estimate of drug-likeness (QED) is 0.881. The first-order valence-electron chi connectivity index (χ1n) is 4.90. The molecule has 0 aliphatic rings. The molecule has 1 heterocycles. The maximum Gasteiger partial charge on any atom is 0.123 e. The second kappa shape index (κ2) is 5.96. The van der Waals surface area contributed by atoms with Crippen LogP contribution in [0.4, 0.5) is 17.2 Å². The molecule has 5 heteroatoms. The van der Waals surface area contributed by atoms with Gasteiger partial charge in [0.15, 0.2) is 0 Å². The summed E-state index contributed by atoms with van der Waals surface area (Å²) in [5.41, 5.74) is 7.35. The van der Waals surface area contributed by atoms with E-state index in [0.29, 0.717) is 5.82 Å². The molecule has 0 atom stereocenters. The lowest BCUT2D eigenvalue weighted by Gasteiger charge is -2.07. The average Bonchev–Trinajstić information content (AvgIpc) is 2.32. The molecule has 0 saturated heterocycles. The Morgan fingerprint density at radius 3 is 2.65 bits per heavy atom. The van der Waals surface area contributed by atoms with E-state index in [0.717, 1.165) is 17.1 Å². The summed E-state index contributed by atoms with van der Waals surface area (Å²) in [7, 11) is 1.64. The molecule has 0 bridgehead atoms. The molecule has 2 aromatic rings. The number of benzene rings is 1. The summed E-state index contributed by atoms with van der Waals surface area (Å²) in [5.74, 6) is 1.32. The first kappa shape index (κ1) is 13.1. The number of methoxy groups -OCH3 is 1. The normalized spacial score (nSPS) is 9.24. The molecular formula is C12H14ClN3O. The van der Waals surface area contributed by atoms with E-state index in [1.54, 1.807) is 19.4 Å². The highest BCUT2D eigenvalue weighted by atomic mass is 35.5. The fourth-order valence-corrected chi connectivity index (χ4v) is 1.35. The van der Waals surface area contributed by atoms with Crippen molar-refractivity contribution in [3.8, 4) is 5.75 Å². The first-order chi connectivity index (χ1) is 7.78. The van der Waals surface area contributed by atoms with Crippen molar-refractivity contribution in [3.63, 3.8) is 0 Å². The number of nitrogen functional groups attached to an aromatic ring is 1. The summed E-state index contributed by atoms with van der Waals surface area (Å²) in [6.07, 6.45) is 1.69. The summed E-state index contributed by atoms with van der Waals surface area (Å²) in [5, 5.41) is 3.21. The lowest BCUT2D eigenvalue weighted by atomic mass is 10.3. The number of hydrogen-bond donors (Lipinski definition) is 2.